The molecule has 0 saturated heterocycles. The van der Waals surface area contributed by atoms with Gasteiger partial charge < -0.3 is 0 Å². The van der Waals surface area contributed by atoms with Gasteiger partial charge in [-0.1, -0.05) is 40.9 Å². The molecule has 0 nitrogen and oxygen atoms in total. The summed E-state index contributed by atoms with van der Waals surface area (Å²) in [6.07, 6.45) is 0.731. The average Bonchev–Trinajstić information content (AvgIpc) is 2.31. The standard InChI is InChI=1S/C13H9Cl3S2/c14-9-2-1-7(5-11(9)17)3-8-4-10(15)13(16)12(18)6-8/h1-2,4-6,17-18H,3H2. The number of benzene rings is 2. The maximum absolute atomic E-state index is 6.02. The number of thiol groups is 2. The Kier molecular flexibility index (Phi) is 4.79. The second kappa shape index (κ2) is 5.98. The molecular weight excluding hydrogens is 327 g/mol. The van der Waals surface area contributed by atoms with Crippen molar-refractivity contribution in [2.24, 2.45) is 0 Å². The molecule has 5 heteroatoms. The van der Waals surface area contributed by atoms with Gasteiger partial charge in [0.1, 0.15) is 0 Å². The Morgan fingerprint density at radius 1 is 0.778 bits per heavy atom. The molecular formula is C13H9Cl3S2. The second-order valence-electron chi connectivity index (χ2n) is 3.87. The SMILES string of the molecule is Sc1cc(Cc2cc(S)c(Cl)c(Cl)c2)ccc1Cl. The Bertz CT molecular complexity index is 574. The maximum atomic E-state index is 6.02. The van der Waals surface area contributed by atoms with Gasteiger partial charge in [0.05, 0.1) is 15.1 Å². The van der Waals surface area contributed by atoms with Crippen molar-refractivity contribution in [2.45, 2.75) is 16.2 Å². The van der Waals surface area contributed by atoms with Crippen molar-refractivity contribution in [3.63, 3.8) is 0 Å². The van der Waals surface area contributed by atoms with Gasteiger partial charge in [-0.25, -0.2) is 0 Å². The zero-order valence-electron chi connectivity index (χ0n) is 9.12. The van der Waals surface area contributed by atoms with Gasteiger partial charge in [-0.2, -0.15) is 0 Å². The molecule has 0 aliphatic rings. The third kappa shape index (κ3) is 3.31. The molecule has 0 unspecified atom stereocenters. The summed E-state index contributed by atoms with van der Waals surface area (Å²) in [5.74, 6) is 0. The van der Waals surface area contributed by atoms with Crippen LogP contribution in [0.5, 0.6) is 0 Å². The molecule has 0 amide bonds. The molecule has 94 valence electrons. The zero-order valence-corrected chi connectivity index (χ0v) is 13.2. The van der Waals surface area contributed by atoms with Crippen LogP contribution in [0.2, 0.25) is 15.1 Å². The van der Waals surface area contributed by atoms with Crippen LogP contribution in [0.25, 0.3) is 0 Å². The van der Waals surface area contributed by atoms with Crippen LogP contribution in [0.1, 0.15) is 11.1 Å². The first kappa shape index (κ1) is 14.4. The van der Waals surface area contributed by atoms with Crippen LogP contribution in [0, 0.1) is 0 Å². The number of rotatable bonds is 2. The molecule has 0 spiro atoms. The van der Waals surface area contributed by atoms with Crippen LogP contribution < -0.4 is 0 Å². The normalized spacial score (nSPS) is 10.7. The van der Waals surface area contributed by atoms with E-state index in [9.17, 15) is 0 Å². The minimum Gasteiger partial charge on any atom is -0.142 e. The van der Waals surface area contributed by atoms with Crippen LogP contribution in [0.15, 0.2) is 40.1 Å². The van der Waals surface area contributed by atoms with Crippen molar-refractivity contribution in [1.82, 2.24) is 0 Å². The average molecular weight is 336 g/mol. The molecule has 0 aliphatic carbocycles. The van der Waals surface area contributed by atoms with Gasteiger partial charge in [0, 0.05) is 9.79 Å². The molecule has 0 aromatic heterocycles. The highest BCUT2D eigenvalue weighted by atomic mass is 35.5. The number of halogens is 3. The van der Waals surface area contributed by atoms with Crippen molar-refractivity contribution < 1.29 is 0 Å². The van der Waals surface area contributed by atoms with Gasteiger partial charge in [0.2, 0.25) is 0 Å². The third-order valence-corrected chi connectivity index (χ3v) is 4.61. The van der Waals surface area contributed by atoms with Gasteiger partial charge in [-0.15, -0.1) is 25.3 Å². The fourth-order valence-electron chi connectivity index (χ4n) is 1.64. The predicted molar refractivity (Wildman–Crippen MR) is 85.2 cm³/mol. The van der Waals surface area contributed by atoms with E-state index in [4.69, 9.17) is 34.8 Å². The van der Waals surface area contributed by atoms with Crippen LogP contribution in [0.3, 0.4) is 0 Å². The maximum Gasteiger partial charge on any atom is 0.0725 e. The van der Waals surface area contributed by atoms with E-state index in [0.717, 1.165) is 22.4 Å². The van der Waals surface area contributed by atoms with Gasteiger partial charge in [-0.05, 0) is 41.8 Å². The molecule has 0 N–H and O–H groups in total. The summed E-state index contributed by atoms with van der Waals surface area (Å²) < 4.78 is 0. The highest BCUT2D eigenvalue weighted by molar-refractivity contribution is 7.80. The summed E-state index contributed by atoms with van der Waals surface area (Å²) in [7, 11) is 0. The molecule has 0 fully saturated rings. The van der Waals surface area contributed by atoms with Crippen molar-refractivity contribution in [1.29, 1.82) is 0 Å². The van der Waals surface area contributed by atoms with Crippen LogP contribution >= 0.6 is 60.1 Å². The molecule has 2 aromatic rings. The monoisotopic (exact) mass is 334 g/mol. The third-order valence-electron chi connectivity index (χ3n) is 2.49. The lowest BCUT2D eigenvalue weighted by atomic mass is 10.1. The number of hydrogen-bond donors (Lipinski definition) is 2. The Balaban J connectivity index is 2.31. The smallest absolute Gasteiger partial charge is 0.0725 e. The second-order valence-corrected chi connectivity index (χ2v) is 6.03. The Labute approximate surface area is 132 Å². The molecule has 0 radical (unpaired) electrons. The van der Waals surface area contributed by atoms with Gasteiger partial charge in [-0.3, -0.25) is 0 Å². The van der Waals surface area contributed by atoms with E-state index in [-0.39, 0.29) is 0 Å². The van der Waals surface area contributed by atoms with Crippen LogP contribution in [-0.2, 0) is 6.42 Å². The van der Waals surface area contributed by atoms with Gasteiger partial charge >= 0.3 is 0 Å². The van der Waals surface area contributed by atoms with E-state index in [0.29, 0.717) is 20.0 Å². The lowest BCUT2D eigenvalue weighted by molar-refractivity contribution is 1.16. The van der Waals surface area contributed by atoms with Crippen molar-refractivity contribution >= 4 is 60.1 Å². The topological polar surface area (TPSA) is 0 Å². The van der Waals surface area contributed by atoms with Crippen LogP contribution in [0.4, 0.5) is 0 Å². The summed E-state index contributed by atoms with van der Waals surface area (Å²) in [4.78, 5) is 1.44. The van der Waals surface area contributed by atoms with Gasteiger partial charge in [0.15, 0.2) is 0 Å². The molecule has 2 rings (SSSR count). The lowest BCUT2D eigenvalue weighted by Crippen LogP contribution is -1.90. The lowest BCUT2D eigenvalue weighted by Gasteiger charge is -2.07. The van der Waals surface area contributed by atoms with Gasteiger partial charge in [0.25, 0.3) is 0 Å². The number of hydrogen-bond acceptors (Lipinski definition) is 2. The minimum absolute atomic E-state index is 0.481. The molecule has 2 aromatic carbocycles. The fraction of sp³-hybridized carbons (Fsp3) is 0.0769. The highest BCUT2D eigenvalue weighted by Gasteiger charge is 2.06. The molecule has 0 heterocycles. The van der Waals surface area contributed by atoms with Crippen LogP contribution in [-0.4, -0.2) is 0 Å². The highest BCUT2D eigenvalue weighted by Crippen LogP contribution is 2.31. The first-order valence-electron chi connectivity index (χ1n) is 5.11. The first-order valence-corrected chi connectivity index (χ1v) is 7.14. The Hall–Kier alpha value is 0.01000. The summed E-state index contributed by atoms with van der Waals surface area (Å²) in [5, 5.41) is 1.64. The minimum atomic E-state index is 0.481. The van der Waals surface area contributed by atoms with E-state index >= 15 is 0 Å². The fourth-order valence-corrected chi connectivity index (χ4v) is 2.70. The van der Waals surface area contributed by atoms with E-state index in [1.54, 1.807) is 0 Å². The van der Waals surface area contributed by atoms with Crippen molar-refractivity contribution in [3.8, 4) is 0 Å². The van der Waals surface area contributed by atoms with Crippen molar-refractivity contribution in [2.75, 3.05) is 0 Å². The van der Waals surface area contributed by atoms with E-state index in [1.807, 2.05) is 30.3 Å². The molecule has 0 aliphatic heterocycles. The van der Waals surface area contributed by atoms with E-state index in [2.05, 4.69) is 25.3 Å². The molecule has 0 saturated carbocycles. The molecule has 0 atom stereocenters. The summed E-state index contributed by atoms with van der Waals surface area (Å²) >= 11 is 26.5. The van der Waals surface area contributed by atoms with E-state index in [1.165, 1.54) is 0 Å². The predicted octanol–water partition coefficient (Wildman–Crippen LogP) is 5.82. The quantitative estimate of drug-likeness (QED) is 0.635. The molecule has 0 bridgehead atoms. The van der Waals surface area contributed by atoms with Crippen molar-refractivity contribution in [3.05, 3.63) is 56.5 Å². The Morgan fingerprint density at radius 3 is 2.06 bits per heavy atom. The Morgan fingerprint density at radius 2 is 1.44 bits per heavy atom. The first-order chi connectivity index (χ1) is 8.47. The molecule has 18 heavy (non-hydrogen) atoms. The van der Waals surface area contributed by atoms with E-state index < -0.39 is 0 Å². The summed E-state index contributed by atoms with van der Waals surface area (Å²) in [6, 6.07) is 9.48. The zero-order chi connectivity index (χ0) is 13.3. The largest absolute Gasteiger partial charge is 0.142 e. The summed E-state index contributed by atoms with van der Waals surface area (Å²) in [5.41, 5.74) is 2.15. The summed E-state index contributed by atoms with van der Waals surface area (Å²) in [6.45, 7) is 0.